The molecule has 2 aliphatic rings. The van der Waals surface area contributed by atoms with Gasteiger partial charge in [-0.1, -0.05) is 41.7 Å². The molecule has 0 saturated carbocycles. The average molecular weight is 711 g/mol. The van der Waals surface area contributed by atoms with Crippen molar-refractivity contribution in [3.63, 3.8) is 0 Å². The van der Waals surface area contributed by atoms with E-state index in [-0.39, 0.29) is 18.9 Å². The highest BCUT2D eigenvalue weighted by molar-refractivity contribution is 7.09. The summed E-state index contributed by atoms with van der Waals surface area (Å²) in [5.74, 6) is 1.01. The number of thiazole rings is 1. The van der Waals surface area contributed by atoms with E-state index < -0.39 is 27.9 Å². The number of ketones is 1. The van der Waals surface area contributed by atoms with Gasteiger partial charge < -0.3 is 24.2 Å². The number of rotatable bonds is 11. The summed E-state index contributed by atoms with van der Waals surface area (Å²) in [7, 11) is 1.58. The van der Waals surface area contributed by atoms with Crippen LogP contribution < -0.4 is 24.1 Å². The van der Waals surface area contributed by atoms with Crippen LogP contribution in [0.4, 0.5) is 16.2 Å². The Hall–Kier alpha value is -5.36. The van der Waals surface area contributed by atoms with E-state index in [1.807, 2.05) is 42.5 Å². The first-order valence-electron chi connectivity index (χ1n) is 16.9. The number of carbonyl (C=O) groups excluding carboxylic acids is 2. The number of benzene rings is 3. The lowest BCUT2D eigenvalue weighted by atomic mass is 9.84. The number of aromatic amines is 1. The quantitative estimate of drug-likeness (QED) is 0.165. The van der Waals surface area contributed by atoms with Gasteiger partial charge in [0.25, 0.3) is 0 Å². The monoisotopic (exact) mass is 710 g/mol. The molecule has 2 aliphatic heterocycles. The molecule has 1 fully saturated rings. The van der Waals surface area contributed by atoms with E-state index >= 15 is 0 Å². The van der Waals surface area contributed by atoms with E-state index in [0.29, 0.717) is 38.9 Å². The molecule has 2 N–H and O–H groups in total. The van der Waals surface area contributed by atoms with Gasteiger partial charge in [0.1, 0.15) is 23.7 Å². The van der Waals surface area contributed by atoms with Gasteiger partial charge in [0.15, 0.2) is 11.3 Å². The van der Waals surface area contributed by atoms with E-state index in [9.17, 15) is 19.5 Å². The minimum Gasteiger partial charge on any atom is -0.494 e. The molecule has 6 rings (SSSR count). The molecule has 3 heterocycles. The molecule has 0 aliphatic carbocycles. The Morgan fingerprint density at radius 1 is 1.00 bits per heavy atom. The number of ether oxygens (including phenoxy) is 3. The lowest BCUT2D eigenvalue weighted by Gasteiger charge is -2.31. The highest BCUT2D eigenvalue weighted by Crippen LogP contribution is 2.43. The summed E-state index contributed by atoms with van der Waals surface area (Å²) in [5, 5.41) is 10.3. The van der Waals surface area contributed by atoms with Crippen LogP contribution in [-0.4, -0.2) is 60.5 Å². The Kier molecular flexibility index (Phi) is 10.3. The number of piperidine rings is 1. The van der Waals surface area contributed by atoms with Gasteiger partial charge in [0, 0.05) is 44.4 Å². The van der Waals surface area contributed by atoms with Crippen LogP contribution >= 0.6 is 11.3 Å². The number of aromatic hydroxyl groups is 1. The summed E-state index contributed by atoms with van der Waals surface area (Å²) >= 11 is 0.882. The average Bonchev–Trinajstić information content (AvgIpc) is 3.69. The van der Waals surface area contributed by atoms with Gasteiger partial charge in [-0.15, -0.1) is 0 Å². The standard InChI is InChI=1S/C39H42N4O7S/c1-38(2,3)50-37(47)42(4)31-22-28(49-32-16-10-9-15-30(32)43-19-11-6-12-20-43)17-18-29(31)39(34(44)25-48-27-13-7-5-8-14-27)23-26(24-40-39)21-33-35(45)41-36(46)51-33/h5,7-10,13-18,22-24,45H,6,11-12,19-21,25H2,1-4H3,(H,41,46). The van der Waals surface area contributed by atoms with Gasteiger partial charge in [-0.05, 0) is 88.1 Å². The van der Waals surface area contributed by atoms with Crippen molar-refractivity contribution in [1.82, 2.24) is 4.98 Å². The number of nitrogens with one attached hydrogen (secondary N) is 1. The topological polar surface area (TPSA) is 134 Å². The molecule has 0 radical (unpaired) electrons. The van der Waals surface area contributed by atoms with Crippen molar-refractivity contribution in [1.29, 1.82) is 0 Å². The van der Waals surface area contributed by atoms with E-state index in [1.165, 1.54) is 11.3 Å². The minimum absolute atomic E-state index is 0.152. The molecule has 4 aromatic rings. The van der Waals surface area contributed by atoms with Crippen molar-refractivity contribution in [3.05, 3.63) is 105 Å². The van der Waals surface area contributed by atoms with Gasteiger partial charge in [-0.25, -0.2) is 4.79 Å². The molecule has 1 saturated heterocycles. The number of para-hydroxylation sites is 3. The Morgan fingerprint density at radius 3 is 2.43 bits per heavy atom. The highest BCUT2D eigenvalue weighted by Gasteiger charge is 2.44. The molecule has 1 unspecified atom stereocenters. The number of allylic oxidation sites excluding steroid dienone is 1. The second kappa shape index (κ2) is 14.9. The number of nitrogens with zero attached hydrogens (tertiary/aromatic N) is 3. The lowest BCUT2D eigenvalue weighted by molar-refractivity contribution is -0.124. The van der Waals surface area contributed by atoms with Crippen molar-refractivity contribution in [2.75, 3.05) is 36.5 Å². The fraction of sp³-hybridized carbons (Fsp3) is 0.333. The van der Waals surface area contributed by atoms with Gasteiger partial charge in [0.2, 0.25) is 11.7 Å². The third kappa shape index (κ3) is 8.18. The highest BCUT2D eigenvalue weighted by atomic mass is 32.1. The van der Waals surface area contributed by atoms with E-state index in [2.05, 4.69) is 9.88 Å². The zero-order chi connectivity index (χ0) is 36.2. The molecule has 0 spiro atoms. The number of hydrogen-bond donors (Lipinski definition) is 2. The Labute approximate surface area is 300 Å². The van der Waals surface area contributed by atoms with E-state index in [1.54, 1.807) is 70.4 Å². The number of amides is 1. The van der Waals surface area contributed by atoms with E-state index in [4.69, 9.17) is 19.2 Å². The second-order valence-electron chi connectivity index (χ2n) is 13.6. The van der Waals surface area contributed by atoms with Crippen LogP contribution in [0.25, 0.3) is 0 Å². The summed E-state index contributed by atoms with van der Waals surface area (Å²) in [5.41, 5.74) is -0.105. The number of hydrogen-bond acceptors (Lipinski definition) is 10. The maximum atomic E-state index is 14.4. The largest absolute Gasteiger partial charge is 0.494 e. The molecule has 12 heteroatoms. The molecule has 11 nitrogen and oxygen atoms in total. The molecule has 51 heavy (non-hydrogen) atoms. The second-order valence-corrected chi connectivity index (χ2v) is 14.6. The Bertz CT molecular complexity index is 2010. The molecular formula is C39H42N4O7S. The third-order valence-electron chi connectivity index (χ3n) is 8.63. The maximum absolute atomic E-state index is 14.4. The fourth-order valence-corrected chi connectivity index (χ4v) is 6.94. The number of carbonyl (C=O) groups is 2. The Balaban J connectivity index is 1.43. The predicted molar refractivity (Wildman–Crippen MR) is 199 cm³/mol. The number of anilines is 2. The van der Waals surface area contributed by atoms with Gasteiger partial charge >= 0.3 is 11.0 Å². The van der Waals surface area contributed by atoms with Crippen molar-refractivity contribution in [3.8, 4) is 23.1 Å². The van der Waals surface area contributed by atoms with E-state index in [0.717, 1.165) is 43.0 Å². The van der Waals surface area contributed by atoms with Crippen molar-refractivity contribution >= 4 is 40.8 Å². The predicted octanol–water partition coefficient (Wildman–Crippen LogP) is 7.39. The third-order valence-corrected chi connectivity index (χ3v) is 9.50. The number of aromatic nitrogens is 1. The normalized spacial score (nSPS) is 17.2. The SMILES string of the molecule is CN(C(=O)OC(C)(C)C)c1cc(Oc2ccccc2N2CCCCC2)ccc1C1(C(=O)COc2ccccc2)C=C(Cc2sc(=O)[nH]c2O)C=N1. The summed E-state index contributed by atoms with van der Waals surface area (Å²) < 4.78 is 18.2. The summed E-state index contributed by atoms with van der Waals surface area (Å²) in [4.78, 5) is 50.8. The Morgan fingerprint density at radius 2 is 1.73 bits per heavy atom. The first-order chi connectivity index (χ1) is 24.4. The zero-order valence-electron chi connectivity index (χ0n) is 29.2. The van der Waals surface area contributed by atoms with Crippen molar-refractivity contribution in [2.24, 2.45) is 4.99 Å². The molecule has 266 valence electrons. The van der Waals surface area contributed by atoms with Gasteiger partial charge in [-0.2, -0.15) is 0 Å². The molecule has 1 amide bonds. The van der Waals surface area contributed by atoms with Crippen LogP contribution in [0, 0.1) is 0 Å². The van der Waals surface area contributed by atoms with Gasteiger partial charge in [-0.3, -0.25) is 24.5 Å². The van der Waals surface area contributed by atoms with Crippen LogP contribution in [-0.2, 0) is 21.5 Å². The van der Waals surface area contributed by atoms with Crippen LogP contribution in [0.1, 0.15) is 50.5 Å². The lowest BCUT2D eigenvalue weighted by Crippen LogP contribution is -2.39. The smallest absolute Gasteiger partial charge is 0.414 e. The number of aliphatic imine (C=N–C) groups is 1. The number of Topliss-reactive ketones (excluding diaryl/α,β-unsaturated/α-hetero) is 1. The van der Waals surface area contributed by atoms with Crippen LogP contribution in [0.5, 0.6) is 23.1 Å². The molecule has 1 aromatic heterocycles. The van der Waals surface area contributed by atoms with Crippen LogP contribution in [0.3, 0.4) is 0 Å². The number of H-pyrrole nitrogens is 1. The fourth-order valence-electron chi connectivity index (χ4n) is 6.18. The van der Waals surface area contributed by atoms with Crippen molar-refractivity contribution in [2.45, 2.75) is 57.6 Å². The first-order valence-corrected chi connectivity index (χ1v) is 17.8. The van der Waals surface area contributed by atoms with Crippen LogP contribution in [0.2, 0.25) is 0 Å². The van der Waals surface area contributed by atoms with Crippen LogP contribution in [0.15, 0.2) is 94.2 Å². The maximum Gasteiger partial charge on any atom is 0.414 e. The van der Waals surface area contributed by atoms with Crippen molar-refractivity contribution < 1.29 is 28.9 Å². The summed E-state index contributed by atoms with van der Waals surface area (Å²) in [6.45, 7) is 6.89. The molecular weight excluding hydrogens is 669 g/mol. The van der Waals surface area contributed by atoms with Gasteiger partial charge in [0.05, 0.1) is 16.3 Å². The first kappa shape index (κ1) is 35.5. The minimum atomic E-state index is -1.63. The summed E-state index contributed by atoms with van der Waals surface area (Å²) in [6.07, 6.45) is 6.18. The zero-order valence-corrected chi connectivity index (χ0v) is 30.0. The summed E-state index contributed by atoms with van der Waals surface area (Å²) in [6, 6.07) is 22.1. The molecule has 0 bridgehead atoms. The molecule has 1 atom stereocenters. The molecule has 3 aromatic carbocycles.